The lowest BCUT2D eigenvalue weighted by Crippen LogP contribution is -2.37. The molecule has 0 radical (unpaired) electrons. The van der Waals surface area contributed by atoms with E-state index in [1.54, 1.807) is 18.2 Å². The van der Waals surface area contributed by atoms with Gasteiger partial charge in [-0.05, 0) is 64.3 Å². The van der Waals surface area contributed by atoms with Crippen LogP contribution in [0.25, 0.3) is 17.0 Å². The van der Waals surface area contributed by atoms with Crippen LogP contribution < -0.4 is 4.90 Å². The Bertz CT molecular complexity index is 1150. The van der Waals surface area contributed by atoms with Crippen molar-refractivity contribution in [3.05, 3.63) is 35.9 Å². The van der Waals surface area contributed by atoms with Crippen LogP contribution in [0.5, 0.6) is 0 Å². The zero-order valence-electron chi connectivity index (χ0n) is 21.1. The fourth-order valence-corrected chi connectivity index (χ4v) is 5.41. The topological polar surface area (TPSA) is 72.2 Å². The zero-order chi connectivity index (χ0) is 25.1. The molecule has 10 heteroatoms. The quantitative estimate of drug-likeness (QED) is 0.454. The van der Waals surface area contributed by atoms with Gasteiger partial charge in [0.15, 0.2) is 5.82 Å². The van der Waals surface area contributed by atoms with Gasteiger partial charge in [-0.2, -0.15) is 15.0 Å². The van der Waals surface area contributed by atoms with Gasteiger partial charge in [0, 0.05) is 25.6 Å². The Morgan fingerprint density at radius 2 is 1.69 bits per heavy atom. The number of imidazole rings is 1. The lowest BCUT2D eigenvalue weighted by atomic mass is 9.83. The molecule has 3 heterocycles. The van der Waals surface area contributed by atoms with Crippen LogP contribution in [-0.2, 0) is 11.2 Å². The van der Waals surface area contributed by atoms with Crippen LogP contribution in [0.3, 0.4) is 0 Å². The smallest absolute Gasteiger partial charge is 0.296 e. The fourth-order valence-electron chi connectivity index (χ4n) is 5.41. The summed E-state index contributed by atoms with van der Waals surface area (Å²) in [6.07, 6.45) is 5.04. The van der Waals surface area contributed by atoms with Crippen molar-refractivity contribution >= 4 is 17.0 Å². The second kappa shape index (κ2) is 11.1. The highest BCUT2D eigenvalue weighted by Crippen LogP contribution is 2.31. The van der Waals surface area contributed by atoms with Crippen molar-refractivity contribution in [3.63, 3.8) is 0 Å². The van der Waals surface area contributed by atoms with Gasteiger partial charge in [-0.15, -0.1) is 0 Å². The SMILES string of the molecule is CN(C)C1CCC(CCCc2nc(N3CCOCC3)nc(-n3c(C(F)F)nc4ccccc43)n2)CC1. The number of hydrogen-bond acceptors (Lipinski definition) is 7. The van der Waals surface area contributed by atoms with E-state index in [9.17, 15) is 8.78 Å². The number of aromatic nitrogens is 5. The van der Waals surface area contributed by atoms with Crippen LogP contribution in [0.2, 0.25) is 0 Å². The van der Waals surface area contributed by atoms with Gasteiger partial charge < -0.3 is 14.5 Å². The van der Waals surface area contributed by atoms with E-state index in [2.05, 4.69) is 33.9 Å². The minimum Gasteiger partial charge on any atom is -0.378 e. The maximum atomic E-state index is 14.0. The van der Waals surface area contributed by atoms with Gasteiger partial charge in [0.05, 0.1) is 24.2 Å². The normalized spacial score (nSPS) is 21.1. The number of halogens is 2. The average molecular weight is 500 g/mol. The summed E-state index contributed by atoms with van der Waals surface area (Å²) in [6, 6.07) is 7.80. The molecule has 5 rings (SSSR count). The molecule has 8 nitrogen and oxygen atoms in total. The van der Waals surface area contributed by atoms with E-state index in [0.29, 0.717) is 61.6 Å². The van der Waals surface area contributed by atoms with Crippen LogP contribution in [0, 0.1) is 5.92 Å². The van der Waals surface area contributed by atoms with E-state index >= 15 is 0 Å². The highest BCUT2D eigenvalue weighted by molar-refractivity contribution is 5.77. The number of benzene rings is 1. The monoisotopic (exact) mass is 499 g/mol. The lowest BCUT2D eigenvalue weighted by molar-refractivity contribution is 0.122. The van der Waals surface area contributed by atoms with Crippen LogP contribution in [0.1, 0.15) is 56.6 Å². The molecule has 36 heavy (non-hydrogen) atoms. The molecule has 1 aromatic carbocycles. The Morgan fingerprint density at radius 3 is 2.42 bits per heavy atom. The van der Waals surface area contributed by atoms with Crippen molar-refractivity contribution in [3.8, 4) is 5.95 Å². The van der Waals surface area contributed by atoms with E-state index in [1.165, 1.54) is 30.3 Å². The first-order chi connectivity index (χ1) is 17.5. The fraction of sp³-hybridized carbons (Fsp3) is 0.615. The van der Waals surface area contributed by atoms with E-state index in [1.807, 2.05) is 11.0 Å². The Morgan fingerprint density at radius 1 is 0.972 bits per heavy atom. The highest BCUT2D eigenvalue weighted by Gasteiger charge is 2.25. The number of anilines is 1. The molecule has 1 aliphatic heterocycles. The zero-order valence-corrected chi connectivity index (χ0v) is 21.1. The first kappa shape index (κ1) is 25.0. The maximum Gasteiger partial charge on any atom is 0.296 e. The maximum absolute atomic E-state index is 14.0. The van der Waals surface area contributed by atoms with Gasteiger partial charge >= 0.3 is 0 Å². The summed E-state index contributed by atoms with van der Waals surface area (Å²) in [5.74, 6) is 1.74. The summed E-state index contributed by atoms with van der Waals surface area (Å²) in [7, 11) is 4.33. The summed E-state index contributed by atoms with van der Waals surface area (Å²) in [4.78, 5) is 22.7. The van der Waals surface area contributed by atoms with Crippen molar-refractivity contribution in [2.24, 2.45) is 5.92 Å². The Hall–Kier alpha value is -2.72. The van der Waals surface area contributed by atoms with Crippen molar-refractivity contribution in [2.45, 2.75) is 57.4 Å². The number of alkyl halides is 2. The Balaban J connectivity index is 1.40. The van der Waals surface area contributed by atoms with Crippen molar-refractivity contribution in [1.82, 2.24) is 29.4 Å². The summed E-state index contributed by atoms with van der Waals surface area (Å²) in [6.45, 7) is 2.49. The lowest BCUT2D eigenvalue weighted by Gasteiger charge is -2.32. The predicted octanol–water partition coefficient (Wildman–Crippen LogP) is 4.43. The van der Waals surface area contributed by atoms with Gasteiger partial charge in [-0.3, -0.25) is 4.57 Å². The summed E-state index contributed by atoms with van der Waals surface area (Å²) in [5, 5.41) is 0. The molecule has 0 unspecified atom stereocenters. The minimum absolute atomic E-state index is 0.206. The van der Waals surface area contributed by atoms with Crippen LogP contribution in [0.4, 0.5) is 14.7 Å². The summed E-state index contributed by atoms with van der Waals surface area (Å²) >= 11 is 0. The molecular weight excluding hydrogens is 464 g/mol. The molecule has 3 aromatic rings. The minimum atomic E-state index is -2.75. The number of ether oxygens (including phenoxy) is 1. The predicted molar refractivity (Wildman–Crippen MR) is 135 cm³/mol. The Labute approximate surface area is 210 Å². The number of para-hydroxylation sites is 2. The summed E-state index contributed by atoms with van der Waals surface area (Å²) < 4.78 is 34.9. The van der Waals surface area contributed by atoms with E-state index < -0.39 is 6.43 Å². The van der Waals surface area contributed by atoms with Crippen LogP contribution in [0.15, 0.2) is 24.3 Å². The third-order valence-electron chi connectivity index (χ3n) is 7.49. The molecule has 2 aliphatic rings. The molecule has 0 bridgehead atoms. The molecule has 2 fully saturated rings. The number of nitrogens with zero attached hydrogens (tertiary/aromatic N) is 7. The van der Waals surface area contributed by atoms with Crippen molar-refractivity contribution in [1.29, 1.82) is 0 Å². The van der Waals surface area contributed by atoms with Gasteiger partial charge in [-0.25, -0.2) is 13.8 Å². The highest BCUT2D eigenvalue weighted by atomic mass is 19.3. The standard InChI is InChI=1S/C26H35F2N7O/c1-33(2)19-12-10-18(11-13-19)6-5-9-22-30-25(34-14-16-36-17-15-34)32-26(31-22)35-21-8-4-3-7-20(21)29-24(35)23(27)28/h3-4,7-8,18-19,23H,5-6,9-17H2,1-2H3. The molecule has 0 N–H and O–H groups in total. The third kappa shape index (κ3) is 5.49. The Kier molecular flexibility index (Phi) is 7.71. The average Bonchev–Trinajstić information content (AvgIpc) is 3.30. The van der Waals surface area contributed by atoms with Gasteiger partial charge in [0.25, 0.3) is 6.43 Å². The molecule has 1 aliphatic carbocycles. The van der Waals surface area contributed by atoms with E-state index in [0.717, 1.165) is 18.8 Å². The number of hydrogen-bond donors (Lipinski definition) is 0. The van der Waals surface area contributed by atoms with Gasteiger partial charge in [0.2, 0.25) is 11.9 Å². The molecule has 1 saturated carbocycles. The third-order valence-corrected chi connectivity index (χ3v) is 7.49. The van der Waals surface area contributed by atoms with Crippen molar-refractivity contribution < 1.29 is 13.5 Å². The van der Waals surface area contributed by atoms with Gasteiger partial charge in [-0.1, -0.05) is 18.6 Å². The van der Waals surface area contributed by atoms with Crippen molar-refractivity contribution in [2.75, 3.05) is 45.3 Å². The number of fused-ring (bicyclic) bond motifs is 1. The number of morpholine rings is 1. The van der Waals surface area contributed by atoms with Crippen LogP contribution in [-0.4, -0.2) is 75.8 Å². The van der Waals surface area contributed by atoms with Gasteiger partial charge in [0.1, 0.15) is 5.82 Å². The molecule has 2 aromatic heterocycles. The summed E-state index contributed by atoms with van der Waals surface area (Å²) in [5.41, 5.74) is 1.06. The van der Waals surface area contributed by atoms with E-state index in [4.69, 9.17) is 9.72 Å². The molecule has 0 spiro atoms. The molecule has 194 valence electrons. The first-order valence-electron chi connectivity index (χ1n) is 13.0. The molecule has 0 amide bonds. The van der Waals surface area contributed by atoms with E-state index in [-0.39, 0.29) is 11.8 Å². The molecule has 0 atom stereocenters. The number of rotatable bonds is 8. The molecule has 1 saturated heterocycles. The second-order valence-corrected chi connectivity index (χ2v) is 10.1. The first-order valence-corrected chi connectivity index (χ1v) is 13.0. The number of aryl methyl sites for hydroxylation is 1. The second-order valence-electron chi connectivity index (χ2n) is 10.1. The largest absolute Gasteiger partial charge is 0.378 e. The van der Waals surface area contributed by atoms with Crippen LogP contribution >= 0.6 is 0 Å². The molecular formula is C26H35F2N7O.